The average Bonchev–Trinajstić information content (AvgIpc) is 3.06. The molecule has 1 fully saturated rings. The van der Waals surface area contributed by atoms with Crippen LogP contribution in [-0.4, -0.2) is 41.4 Å². The normalized spacial score (nSPS) is 14.6. The first-order valence-electron chi connectivity index (χ1n) is 10.7. The van der Waals surface area contributed by atoms with Crippen molar-refractivity contribution in [3.63, 3.8) is 0 Å². The zero-order valence-electron chi connectivity index (χ0n) is 19.0. The zero-order valence-corrected chi connectivity index (χ0v) is 20.6. The second kappa shape index (κ2) is 11.9. The van der Waals surface area contributed by atoms with Crippen LogP contribution in [-0.2, 0) is 20.9 Å². The number of ether oxygens (including phenoxy) is 3. The van der Waals surface area contributed by atoms with E-state index in [0.29, 0.717) is 33.9 Å². The summed E-state index contributed by atoms with van der Waals surface area (Å²) in [5.41, 5.74) is 3.02. The fourth-order valence-corrected chi connectivity index (χ4v) is 4.37. The predicted octanol–water partition coefficient (Wildman–Crippen LogP) is 5.13. The van der Waals surface area contributed by atoms with Crippen LogP contribution in [0.2, 0.25) is 0 Å². The summed E-state index contributed by atoms with van der Waals surface area (Å²) in [6, 6.07) is 13.5. The Bertz CT molecular complexity index is 1070. The lowest BCUT2D eigenvalue weighted by Gasteiger charge is -2.13. The molecule has 2 aromatic carbocycles. The first-order valence-corrected chi connectivity index (χ1v) is 11.9. The molecule has 2 aromatic rings. The van der Waals surface area contributed by atoms with Crippen molar-refractivity contribution in [1.29, 1.82) is 0 Å². The number of amides is 1. The van der Waals surface area contributed by atoms with Gasteiger partial charge in [-0.2, -0.15) is 0 Å². The van der Waals surface area contributed by atoms with Gasteiger partial charge in [-0.05, 0) is 48.2 Å². The second-order valence-electron chi connectivity index (χ2n) is 7.47. The lowest BCUT2D eigenvalue weighted by molar-refractivity contribution is -0.146. The largest absolute Gasteiger partial charge is 0.493 e. The second-order valence-corrected chi connectivity index (χ2v) is 9.14. The van der Waals surface area contributed by atoms with E-state index < -0.39 is 5.97 Å². The molecule has 1 saturated heterocycles. The molecule has 0 unspecified atom stereocenters. The van der Waals surface area contributed by atoms with E-state index in [0.717, 1.165) is 41.3 Å². The van der Waals surface area contributed by atoms with E-state index in [2.05, 4.69) is 0 Å². The third kappa shape index (κ3) is 6.58. The first kappa shape index (κ1) is 24.8. The minimum absolute atomic E-state index is 0.180. The maximum atomic E-state index is 12.8. The maximum absolute atomic E-state index is 12.8. The van der Waals surface area contributed by atoms with Gasteiger partial charge in [0.1, 0.15) is 17.5 Å². The van der Waals surface area contributed by atoms with Gasteiger partial charge < -0.3 is 14.2 Å². The highest BCUT2D eigenvalue weighted by Crippen LogP contribution is 2.35. The van der Waals surface area contributed by atoms with E-state index >= 15 is 0 Å². The summed E-state index contributed by atoms with van der Waals surface area (Å²) >= 11 is 6.46. The molecular weight excluding hydrogens is 458 g/mol. The molecule has 0 N–H and O–H groups in total. The van der Waals surface area contributed by atoms with Gasteiger partial charge in [-0.15, -0.1) is 0 Å². The lowest BCUT2D eigenvalue weighted by atomic mass is 10.1. The van der Waals surface area contributed by atoms with Gasteiger partial charge in [0.2, 0.25) is 0 Å². The highest BCUT2D eigenvalue weighted by Gasteiger charge is 2.33. The van der Waals surface area contributed by atoms with Crippen molar-refractivity contribution in [2.24, 2.45) is 0 Å². The molecule has 0 spiro atoms. The van der Waals surface area contributed by atoms with E-state index in [1.165, 1.54) is 4.90 Å². The summed E-state index contributed by atoms with van der Waals surface area (Å²) in [6.45, 7) is 4.65. The molecular formula is C25H27NO5S2. The molecule has 0 radical (unpaired) electrons. The smallest absolute Gasteiger partial charge is 0.326 e. The SMILES string of the molecule is CCCCOC(=O)CN1C(=O)/C(=C/c2ccc(OCc3ccccc3C)c(OC)c2)SC1=S. The van der Waals surface area contributed by atoms with Gasteiger partial charge in [0, 0.05) is 0 Å². The van der Waals surface area contributed by atoms with Crippen LogP contribution in [0, 0.1) is 6.92 Å². The number of methoxy groups -OCH3 is 1. The summed E-state index contributed by atoms with van der Waals surface area (Å²) in [7, 11) is 1.57. The molecule has 33 heavy (non-hydrogen) atoms. The fraction of sp³-hybridized carbons (Fsp3) is 0.320. The third-order valence-electron chi connectivity index (χ3n) is 5.05. The van der Waals surface area contributed by atoms with Gasteiger partial charge in [-0.25, -0.2) is 0 Å². The number of aryl methyl sites for hydroxylation is 1. The molecule has 1 heterocycles. The Hall–Kier alpha value is -2.84. The van der Waals surface area contributed by atoms with Crippen molar-refractivity contribution in [3.8, 4) is 11.5 Å². The van der Waals surface area contributed by atoms with Crippen molar-refractivity contribution in [1.82, 2.24) is 4.90 Å². The number of esters is 1. The Labute approximate surface area is 203 Å². The number of carbonyl (C=O) groups is 2. The van der Waals surface area contributed by atoms with Crippen molar-refractivity contribution in [2.75, 3.05) is 20.3 Å². The topological polar surface area (TPSA) is 65.1 Å². The van der Waals surface area contributed by atoms with Crippen LogP contribution in [0.15, 0.2) is 47.4 Å². The fourth-order valence-electron chi connectivity index (χ4n) is 3.11. The van der Waals surface area contributed by atoms with Gasteiger partial charge >= 0.3 is 5.97 Å². The van der Waals surface area contributed by atoms with Gasteiger partial charge in [0.25, 0.3) is 5.91 Å². The highest BCUT2D eigenvalue weighted by atomic mass is 32.2. The molecule has 0 aliphatic carbocycles. The van der Waals surface area contributed by atoms with Crippen LogP contribution in [0.25, 0.3) is 6.08 Å². The number of hydrogen-bond acceptors (Lipinski definition) is 7. The number of carbonyl (C=O) groups excluding carboxylic acids is 2. The Morgan fingerprint density at radius 2 is 1.97 bits per heavy atom. The minimum Gasteiger partial charge on any atom is -0.493 e. The number of unbranched alkanes of at least 4 members (excludes halogenated alkanes) is 1. The van der Waals surface area contributed by atoms with Crippen molar-refractivity contribution in [3.05, 3.63) is 64.1 Å². The maximum Gasteiger partial charge on any atom is 0.326 e. The number of hydrogen-bond donors (Lipinski definition) is 0. The molecule has 8 heteroatoms. The van der Waals surface area contributed by atoms with Gasteiger partial charge in [0.05, 0.1) is 18.6 Å². The summed E-state index contributed by atoms with van der Waals surface area (Å²) in [5, 5.41) is 0. The van der Waals surface area contributed by atoms with Crippen LogP contribution in [0.3, 0.4) is 0 Å². The summed E-state index contributed by atoms with van der Waals surface area (Å²) in [5.74, 6) is 0.404. The lowest BCUT2D eigenvalue weighted by Crippen LogP contribution is -2.34. The van der Waals surface area contributed by atoms with Gasteiger partial charge in [-0.3, -0.25) is 14.5 Å². The molecule has 3 rings (SSSR count). The molecule has 174 valence electrons. The van der Waals surface area contributed by atoms with Gasteiger partial charge in [-0.1, -0.05) is 67.7 Å². The average molecular weight is 486 g/mol. The predicted molar refractivity (Wildman–Crippen MR) is 134 cm³/mol. The van der Waals surface area contributed by atoms with E-state index in [1.807, 2.05) is 50.2 Å². The monoisotopic (exact) mass is 485 g/mol. The molecule has 1 aliphatic heterocycles. The van der Waals surface area contributed by atoms with E-state index in [4.69, 9.17) is 26.4 Å². The summed E-state index contributed by atoms with van der Waals surface area (Å²) in [6.07, 6.45) is 3.45. The minimum atomic E-state index is -0.460. The van der Waals surface area contributed by atoms with Gasteiger partial charge in [0.15, 0.2) is 11.5 Å². The standard InChI is InChI=1S/C25H27NO5S2/c1-4-5-12-30-23(27)15-26-24(28)22(33-25(26)32)14-18-10-11-20(21(13-18)29-3)31-16-19-9-7-6-8-17(19)2/h6-11,13-14H,4-5,12,15-16H2,1-3H3/b22-14-. The summed E-state index contributed by atoms with van der Waals surface area (Å²) < 4.78 is 16.9. The molecule has 6 nitrogen and oxygen atoms in total. The Morgan fingerprint density at radius 1 is 1.18 bits per heavy atom. The van der Waals surface area contributed by atoms with E-state index in [-0.39, 0.29) is 12.5 Å². The summed E-state index contributed by atoms with van der Waals surface area (Å²) in [4.78, 5) is 26.5. The number of thiocarbonyl (C=S) groups is 1. The Balaban J connectivity index is 1.68. The number of rotatable bonds is 10. The molecule has 1 amide bonds. The van der Waals surface area contributed by atoms with Crippen LogP contribution in [0.1, 0.15) is 36.5 Å². The van der Waals surface area contributed by atoms with Crippen LogP contribution < -0.4 is 9.47 Å². The van der Waals surface area contributed by atoms with Crippen molar-refractivity contribution in [2.45, 2.75) is 33.3 Å². The van der Waals surface area contributed by atoms with Crippen molar-refractivity contribution < 1.29 is 23.8 Å². The molecule has 0 saturated carbocycles. The number of thioether (sulfide) groups is 1. The Kier molecular flexibility index (Phi) is 8.91. The number of nitrogens with zero attached hydrogens (tertiary/aromatic N) is 1. The third-order valence-corrected chi connectivity index (χ3v) is 6.43. The van der Waals surface area contributed by atoms with E-state index in [1.54, 1.807) is 19.3 Å². The zero-order chi connectivity index (χ0) is 23.8. The molecule has 1 aliphatic rings. The van der Waals surface area contributed by atoms with Crippen LogP contribution >= 0.6 is 24.0 Å². The van der Waals surface area contributed by atoms with E-state index in [9.17, 15) is 9.59 Å². The molecule has 0 bridgehead atoms. The number of benzene rings is 2. The van der Waals surface area contributed by atoms with Crippen LogP contribution in [0.5, 0.6) is 11.5 Å². The quantitative estimate of drug-likeness (QED) is 0.200. The van der Waals surface area contributed by atoms with Crippen molar-refractivity contribution >= 4 is 46.3 Å². The highest BCUT2D eigenvalue weighted by molar-refractivity contribution is 8.26. The Morgan fingerprint density at radius 3 is 2.70 bits per heavy atom. The van der Waals surface area contributed by atoms with Crippen LogP contribution in [0.4, 0.5) is 0 Å². The first-order chi connectivity index (χ1) is 15.9. The molecule has 0 atom stereocenters. The molecule has 0 aromatic heterocycles.